The van der Waals surface area contributed by atoms with Crippen LogP contribution in [-0.4, -0.2) is 19.4 Å². The molecule has 0 atom stereocenters. The van der Waals surface area contributed by atoms with Crippen LogP contribution in [0.15, 0.2) is 24.3 Å². The third-order valence-corrected chi connectivity index (χ3v) is 2.66. The van der Waals surface area contributed by atoms with Crippen molar-refractivity contribution in [2.24, 2.45) is 5.73 Å². The van der Waals surface area contributed by atoms with Gasteiger partial charge in [0.2, 0.25) is 0 Å². The van der Waals surface area contributed by atoms with Gasteiger partial charge in [-0.2, -0.15) is 0 Å². The van der Waals surface area contributed by atoms with Gasteiger partial charge in [0.25, 0.3) is 0 Å². The summed E-state index contributed by atoms with van der Waals surface area (Å²) in [5, 5.41) is 7.13. The van der Waals surface area contributed by atoms with Crippen molar-refractivity contribution in [3.05, 3.63) is 29.8 Å². The van der Waals surface area contributed by atoms with Gasteiger partial charge in [-0.15, -0.1) is 0 Å². The first-order valence-corrected chi connectivity index (χ1v) is 5.70. The summed E-state index contributed by atoms with van der Waals surface area (Å²) in [5.74, 6) is 0.290. The number of nitrogens with zero attached hydrogens (tertiary/aromatic N) is 1. The Balaban J connectivity index is 2.32. The van der Waals surface area contributed by atoms with Gasteiger partial charge in [-0.3, -0.25) is 5.41 Å². The number of hydrogen-bond donors (Lipinski definition) is 2. The van der Waals surface area contributed by atoms with Crippen molar-refractivity contribution in [3.63, 3.8) is 0 Å². The number of unbranched alkanes of at least 4 members (excludes halogenated alkanes) is 1. The molecule has 1 rings (SSSR count). The Labute approximate surface area is 97.8 Å². The smallest absolute Gasteiger partial charge is 0.0905 e. The summed E-state index contributed by atoms with van der Waals surface area (Å²) < 4.78 is 0. The number of anilines is 1. The third kappa shape index (κ3) is 4.34. The van der Waals surface area contributed by atoms with Crippen LogP contribution < -0.4 is 10.6 Å². The van der Waals surface area contributed by atoms with E-state index in [1.807, 2.05) is 0 Å². The van der Waals surface area contributed by atoms with E-state index in [1.165, 1.54) is 11.3 Å². The second-order valence-corrected chi connectivity index (χ2v) is 4.24. The summed E-state index contributed by atoms with van der Waals surface area (Å²) in [4.78, 5) is 2.24. The minimum atomic E-state index is 0.290. The van der Waals surface area contributed by atoms with Crippen LogP contribution in [0.25, 0.3) is 0 Å². The zero-order valence-electron chi connectivity index (χ0n) is 10.2. The molecule has 0 aliphatic carbocycles. The summed E-state index contributed by atoms with van der Waals surface area (Å²) in [5.41, 5.74) is 7.84. The molecule has 1 aromatic carbocycles. The van der Waals surface area contributed by atoms with Gasteiger partial charge < -0.3 is 10.6 Å². The van der Waals surface area contributed by atoms with Crippen LogP contribution in [0, 0.1) is 12.3 Å². The molecular formula is C13H21N3. The molecule has 3 N–H and O–H groups in total. The van der Waals surface area contributed by atoms with Gasteiger partial charge in [0.15, 0.2) is 0 Å². The maximum absolute atomic E-state index is 7.13. The van der Waals surface area contributed by atoms with Crippen molar-refractivity contribution in [2.75, 3.05) is 18.5 Å². The average Bonchev–Trinajstić information content (AvgIpc) is 2.25. The Hall–Kier alpha value is -1.51. The van der Waals surface area contributed by atoms with Crippen LogP contribution in [0.1, 0.15) is 24.8 Å². The molecule has 3 heteroatoms. The summed E-state index contributed by atoms with van der Waals surface area (Å²) in [6, 6.07) is 8.53. The number of rotatable bonds is 6. The highest BCUT2D eigenvalue weighted by atomic mass is 15.1. The second kappa shape index (κ2) is 6.16. The van der Waals surface area contributed by atoms with Gasteiger partial charge in [0.05, 0.1) is 5.84 Å². The van der Waals surface area contributed by atoms with Crippen LogP contribution in [0.2, 0.25) is 0 Å². The Morgan fingerprint density at radius 1 is 1.25 bits per heavy atom. The van der Waals surface area contributed by atoms with Crippen molar-refractivity contribution < 1.29 is 0 Å². The maximum Gasteiger partial charge on any atom is 0.0905 e. The van der Waals surface area contributed by atoms with Crippen molar-refractivity contribution in [1.82, 2.24) is 0 Å². The lowest BCUT2D eigenvalue weighted by atomic mass is 10.2. The molecule has 0 amide bonds. The number of nitrogens with one attached hydrogen (secondary N) is 1. The van der Waals surface area contributed by atoms with Crippen LogP contribution in [0.5, 0.6) is 0 Å². The van der Waals surface area contributed by atoms with Gasteiger partial charge in [-0.25, -0.2) is 0 Å². The number of hydrogen-bond acceptors (Lipinski definition) is 2. The normalized spacial score (nSPS) is 10.1. The topological polar surface area (TPSA) is 53.1 Å². The van der Waals surface area contributed by atoms with E-state index in [1.54, 1.807) is 0 Å². The summed E-state index contributed by atoms with van der Waals surface area (Å²) in [6.45, 7) is 3.10. The van der Waals surface area contributed by atoms with Crippen molar-refractivity contribution in [2.45, 2.75) is 26.2 Å². The summed E-state index contributed by atoms with van der Waals surface area (Å²) in [7, 11) is 2.10. The molecule has 0 heterocycles. The molecule has 0 fully saturated rings. The standard InChI is InChI=1S/C13H21N3/c1-11-6-8-12(9-7-11)16(2)10-4-3-5-13(14)15/h6-9H,3-5,10H2,1-2H3,(H3,14,15). The Bertz CT molecular complexity index is 330. The SMILES string of the molecule is Cc1ccc(N(C)CCCCC(=N)N)cc1. The maximum atomic E-state index is 7.13. The monoisotopic (exact) mass is 219 g/mol. The number of benzene rings is 1. The van der Waals surface area contributed by atoms with Crippen LogP contribution >= 0.6 is 0 Å². The molecule has 0 aliphatic heterocycles. The fraction of sp³-hybridized carbons (Fsp3) is 0.462. The fourth-order valence-corrected chi connectivity index (χ4v) is 1.59. The highest BCUT2D eigenvalue weighted by Gasteiger charge is 2.00. The lowest BCUT2D eigenvalue weighted by Crippen LogP contribution is -2.19. The van der Waals surface area contributed by atoms with Gasteiger partial charge in [-0.05, 0) is 31.9 Å². The molecule has 0 spiro atoms. The molecule has 0 saturated carbocycles. The van der Waals surface area contributed by atoms with Gasteiger partial charge in [-0.1, -0.05) is 17.7 Å². The average molecular weight is 219 g/mol. The molecule has 0 radical (unpaired) electrons. The molecule has 88 valence electrons. The first kappa shape index (κ1) is 12.6. The highest BCUT2D eigenvalue weighted by Crippen LogP contribution is 2.13. The Morgan fingerprint density at radius 3 is 2.44 bits per heavy atom. The van der Waals surface area contributed by atoms with E-state index in [2.05, 4.69) is 43.1 Å². The molecule has 1 aromatic rings. The van der Waals surface area contributed by atoms with Crippen molar-refractivity contribution >= 4 is 11.5 Å². The van der Waals surface area contributed by atoms with E-state index in [9.17, 15) is 0 Å². The summed E-state index contributed by atoms with van der Waals surface area (Å²) >= 11 is 0. The second-order valence-electron chi connectivity index (χ2n) is 4.24. The fourth-order valence-electron chi connectivity index (χ4n) is 1.59. The zero-order valence-corrected chi connectivity index (χ0v) is 10.2. The van der Waals surface area contributed by atoms with E-state index in [0.717, 1.165) is 19.4 Å². The lowest BCUT2D eigenvalue weighted by Gasteiger charge is -2.19. The van der Waals surface area contributed by atoms with E-state index < -0.39 is 0 Å². The zero-order chi connectivity index (χ0) is 12.0. The number of aryl methyl sites for hydroxylation is 1. The van der Waals surface area contributed by atoms with Crippen molar-refractivity contribution in [3.8, 4) is 0 Å². The predicted octanol–water partition coefficient (Wildman–Crippen LogP) is 2.54. The molecule has 0 saturated heterocycles. The quantitative estimate of drug-likeness (QED) is 0.439. The van der Waals surface area contributed by atoms with E-state index in [0.29, 0.717) is 6.42 Å². The van der Waals surface area contributed by atoms with E-state index in [-0.39, 0.29) is 5.84 Å². The Morgan fingerprint density at radius 2 is 1.88 bits per heavy atom. The predicted molar refractivity (Wildman–Crippen MR) is 70.2 cm³/mol. The molecular weight excluding hydrogens is 198 g/mol. The molecule has 16 heavy (non-hydrogen) atoms. The van der Waals surface area contributed by atoms with Crippen LogP contribution in [0.3, 0.4) is 0 Å². The molecule has 3 nitrogen and oxygen atoms in total. The molecule has 0 bridgehead atoms. The van der Waals surface area contributed by atoms with Crippen LogP contribution in [0.4, 0.5) is 5.69 Å². The first-order chi connectivity index (χ1) is 7.59. The van der Waals surface area contributed by atoms with E-state index >= 15 is 0 Å². The molecule has 0 unspecified atom stereocenters. The van der Waals surface area contributed by atoms with Crippen LogP contribution in [-0.2, 0) is 0 Å². The van der Waals surface area contributed by atoms with Gasteiger partial charge >= 0.3 is 0 Å². The van der Waals surface area contributed by atoms with Gasteiger partial charge in [0.1, 0.15) is 0 Å². The van der Waals surface area contributed by atoms with E-state index in [4.69, 9.17) is 11.1 Å². The highest BCUT2D eigenvalue weighted by molar-refractivity contribution is 5.76. The summed E-state index contributed by atoms with van der Waals surface area (Å²) in [6.07, 6.45) is 2.78. The first-order valence-electron chi connectivity index (χ1n) is 5.70. The lowest BCUT2D eigenvalue weighted by molar-refractivity contribution is 0.738. The Kier molecular flexibility index (Phi) is 4.83. The van der Waals surface area contributed by atoms with Gasteiger partial charge in [0, 0.05) is 25.7 Å². The minimum absolute atomic E-state index is 0.290. The van der Waals surface area contributed by atoms with Crippen molar-refractivity contribution in [1.29, 1.82) is 5.41 Å². The third-order valence-electron chi connectivity index (χ3n) is 2.66. The largest absolute Gasteiger partial charge is 0.388 e. The minimum Gasteiger partial charge on any atom is -0.388 e. The molecule has 0 aliphatic rings. The number of amidine groups is 1. The number of nitrogens with two attached hydrogens (primary N) is 1. The molecule has 0 aromatic heterocycles.